The number of fused-ring (bicyclic) bond motifs is 1. The van der Waals surface area contributed by atoms with E-state index >= 15 is 0 Å². The van der Waals surface area contributed by atoms with Crippen molar-refractivity contribution in [2.24, 2.45) is 5.92 Å². The molecule has 0 unspecified atom stereocenters. The Balaban J connectivity index is 2.65. The fourth-order valence-electron chi connectivity index (χ4n) is 4.74. The van der Waals surface area contributed by atoms with E-state index in [2.05, 4.69) is 0 Å². The van der Waals surface area contributed by atoms with E-state index in [4.69, 9.17) is 23.7 Å². The number of aromatic hydroxyl groups is 2. The summed E-state index contributed by atoms with van der Waals surface area (Å²) in [4.78, 5) is 27.1. The van der Waals surface area contributed by atoms with Crippen molar-refractivity contribution >= 4 is 22.5 Å². The predicted molar refractivity (Wildman–Crippen MR) is 143 cm³/mol. The highest BCUT2D eigenvalue weighted by atomic mass is 16.5. The fourth-order valence-corrected chi connectivity index (χ4v) is 4.74. The Bertz CT molecular complexity index is 1360. The second-order valence-corrected chi connectivity index (χ2v) is 8.73. The van der Waals surface area contributed by atoms with Crippen LogP contribution in [-0.4, -0.2) is 57.5 Å². The maximum absolute atomic E-state index is 13.8. The molecule has 9 nitrogen and oxygen atoms in total. The second-order valence-electron chi connectivity index (χ2n) is 8.73. The summed E-state index contributed by atoms with van der Waals surface area (Å²) in [5.74, 6) is -0.896. The number of phenolic OH excluding ortho intramolecular Hbond substituents is 2. The van der Waals surface area contributed by atoms with Crippen LogP contribution in [0.2, 0.25) is 0 Å². The van der Waals surface area contributed by atoms with Gasteiger partial charge in [0.1, 0.15) is 5.75 Å². The molecule has 3 aromatic carbocycles. The molecule has 3 rings (SSSR count). The average molecular weight is 527 g/mol. The Morgan fingerprint density at radius 1 is 0.816 bits per heavy atom. The molecule has 38 heavy (non-hydrogen) atoms. The van der Waals surface area contributed by atoms with Gasteiger partial charge in [-0.2, -0.15) is 0 Å². The van der Waals surface area contributed by atoms with E-state index in [-0.39, 0.29) is 68.5 Å². The van der Waals surface area contributed by atoms with E-state index in [1.807, 2.05) is 13.8 Å². The lowest BCUT2D eigenvalue weighted by molar-refractivity contribution is 0.0597. The van der Waals surface area contributed by atoms with Crippen molar-refractivity contribution in [3.8, 4) is 45.6 Å². The molecule has 0 aliphatic rings. The molecule has 0 heterocycles. The zero-order valence-electron chi connectivity index (χ0n) is 22.8. The number of benzene rings is 3. The van der Waals surface area contributed by atoms with Gasteiger partial charge in [-0.05, 0) is 29.7 Å². The second kappa shape index (κ2) is 11.9. The predicted octanol–water partition coefficient (Wildman–Crippen LogP) is 5.75. The van der Waals surface area contributed by atoms with Gasteiger partial charge >= 0.3 is 5.97 Å². The fraction of sp³-hybridized carbons (Fsp3) is 0.379. The summed E-state index contributed by atoms with van der Waals surface area (Å²) < 4.78 is 27.2. The van der Waals surface area contributed by atoms with E-state index in [1.54, 1.807) is 6.07 Å². The molecule has 2 N–H and O–H groups in total. The van der Waals surface area contributed by atoms with Crippen LogP contribution in [0.3, 0.4) is 0 Å². The monoisotopic (exact) mass is 526 g/mol. The molecule has 0 saturated carbocycles. The van der Waals surface area contributed by atoms with Crippen LogP contribution < -0.4 is 18.9 Å². The summed E-state index contributed by atoms with van der Waals surface area (Å²) >= 11 is 0. The number of esters is 1. The van der Waals surface area contributed by atoms with Gasteiger partial charge in [-0.1, -0.05) is 32.8 Å². The smallest absolute Gasteiger partial charge is 0.339 e. The largest absolute Gasteiger partial charge is 0.507 e. The van der Waals surface area contributed by atoms with E-state index < -0.39 is 17.5 Å². The standard InChI is InChI=1S/C29H34O9/c1-8-15(9-2)12-19(31)24-25(29(33)38-7)22(16-10-11-18(30)20(13-16)34-3)23-17(26(24)32)14-21(35-4)27(36-5)28(23)37-6/h10-11,13-15,30,32H,8-9,12H2,1-7H3. The van der Waals surface area contributed by atoms with E-state index in [0.29, 0.717) is 5.56 Å². The first-order chi connectivity index (χ1) is 18.2. The van der Waals surface area contributed by atoms with Crippen molar-refractivity contribution in [3.63, 3.8) is 0 Å². The van der Waals surface area contributed by atoms with Crippen LogP contribution in [0.25, 0.3) is 21.9 Å². The molecule has 0 radical (unpaired) electrons. The molecule has 0 saturated heterocycles. The van der Waals surface area contributed by atoms with Crippen molar-refractivity contribution in [1.29, 1.82) is 0 Å². The number of hydrogen-bond acceptors (Lipinski definition) is 9. The lowest BCUT2D eigenvalue weighted by Gasteiger charge is -2.23. The number of carbonyl (C=O) groups excluding carboxylic acids is 2. The molecule has 0 amide bonds. The van der Waals surface area contributed by atoms with Crippen LogP contribution in [0.5, 0.6) is 34.5 Å². The molecule has 0 aromatic heterocycles. The number of ketones is 1. The third-order valence-electron chi connectivity index (χ3n) is 6.84. The van der Waals surface area contributed by atoms with E-state index in [9.17, 15) is 19.8 Å². The molecular weight excluding hydrogens is 492 g/mol. The van der Waals surface area contributed by atoms with Gasteiger partial charge in [-0.25, -0.2) is 4.79 Å². The zero-order chi connectivity index (χ0) is 28.1. The number of hydrogen-bond donors (Lipinski definition) is 2. The van der Waals surface area contributed by atoms with E-state index in [1.165, 1.54) is 53.7 Å². The SMILES string of the molecule is CCC(CC)CC(=O)c1c(C(=O)OC)c(-c2ccc(O)c(OC)c2)c2c(OC)c(OC)c(OC)cc2c1O. The van der Waals surface area contributed by atoms with Crippen LogP contribution in [0.4, 0.5) is 0 Å². The Morgan fingerprint density at radius 2 is 1.45 bits per heavy atom. The zero-order valence-corrected chi connectivity index (χ0v) is 22.8. The average Bonchev–Trinajstić information content (AvgIpc) is 2.94. The number of carbonyl (C=O) groups is 2. The van der Waals surface area contributed by atoms with Crippen molar-refractivity contribution in [2.75, 3.05) is 35.5 Å². The molecule has 0 atom stereocenters. The molecule has 9 heteroatoms. The summed E-state index contributed by atoms with van der Waals surface area (Å²) in [7, 11) is 6.89. The summed E-state index contributed by atoms with van der Waals surface area (Å²) in [6.07, 6.45) is 1.63. The molecule has 0 spiro atoms. The molecule has 0 aliphatic carbocycles. The maximum Gasteiger partial charge on any atom is 0.339 e. The van der Waals surface area contributed by atoms with Crippen molar-refractivity contribution in [3.05, 3.63) is 35.4 Å². The Labute approximate surface area is 221 Å². The highest BCUT2D eigenvalue weighted by Gasteiger charge is 2.33. The summed E-state index contributed by atoms with van der Waals surface area (Å²) in [6, 6.07) is 6.04. The molecule has 204 valence electrons. The van der Waals surface area contributed by atoms with Gasteiger partial charge < -0.3 is 33.9 Å². The van der Waals surface area contributed by atoms with Crippen LogP contribution in [-0.2, 0) is 4.74 Å². The molecule has 0 bridgehead atoms. The number of rotatable bonds is 11. The highest BCUT2D eigenvalue weighted by molar-refractivity contribution is 6.21. The first kappa shape index (κ1) is 28.4. The number of Topliss-reactive ketones (excluding diaryl/α,β-unsaturated/α-hetero) is 1. The van der Waals surface area contributed by atoms with Crippen LogP contribution >= 0.6 is 0 Å². The number of ether oxygens (including phenoxy) is 5. The third-order valence-corrected chi connectivity index (χ3v) is 6.84. The molecule has 0 fully saturated rings. The maximum atomic E-state index is 13.8. The number of phenols is 2. The normalized spacial score (nSPS) is 10.9. The van der Waals surface area contributed by atoms with Gasteiger partial charge in [0.2, 0.25) is 5.75 Å². The first-order valence-corrected chi connectivity index (χ1v) is 12.2. The van der Waals surface area contributed by atoms with Crippen molar-refractivity contribution < 1.29 is 43.5 Å². The van der Waals surface area contributed by atoms with Crippen LogP contribution in [0.1, 0.15) is 53.8 Å². The summed E-state index contributed by atoms with van der Waals surface area (Å²) in [5.41, 5.74) is 0.361. The van der Waals surface area contributed by atoms with Gasteiger partial charge in [0.15, 0.2) is 28.8 Å². The lowest BCUT2D eigenvalue weighted by atomic mass is 9.84. The first-order valence-electron chi connectivity index (χ1n) is 12.2. The highest BCUT2D eigenvalue weighted by Crippen LogP contribution is 2.52. The van der Waals surface area contributed by atoms with Gasteiger partial charge in [0.25, 0.3) is 0 Å². The topological polar surface area (TPSA) is 121 Å². The molecule has 3 aromatic rings. The molecule has 0 aliphatic heterocycles. The van der Waals surface area contributed by atoms with Gasteiger partial charge in [0.05, 0.1) is 46.7 Å². The summed E-state index contributed by atoms with van der Waals surface area (Å²) in [6.45, 7) is 3.97. The summed E-state index contributed by atoms with van der Waals surface area (Å²) in [5, 5.41) is 22.3. The minimum atomic E-state index is -0.825. The lowest BCUT2D eigenvalue weighted by Crippen LogP contribution is -2.16. The van der Waals surface area contributed by atoms with Crippen molar-refractivity contribution in [2.45, 2.75) is 33.1 Å². The van der Waals surface area contributed by atoms with Gasteiger partial charge in [0, 0.05) is 22.8 Å². The minimum absolute atomic E-state index is 0.0558. The van der Waals surface area contributed by atoms with E-state index in [0.717, 1.165) is 12.8 Å². The minimum Gasteiger partial charge on any atom is -0.507 e. The van der Waals surface area contributed by atoms with Gasteiger partial charge in [-0.3, -0.25) is 4.79 Å². The quantitative estimate of drug-likeness (QED) is 0.238. The Kier molecular flexibility index (Phi) is 8.93. The van der Waals surface area contributed by atoms with Crippen LogP contribution in [0, 0.1) is 5.92 Å². The van der Waals surface area contributed by atoms with Gasteiger partial charge in [-0.15, -0.1) is 0 Å². The third kappa shape index (κ3) is 4.88. The Morgan fingerprint density at radius 3 is 1.97 bits per heavy atom. The van der Waals surface area contributed by atoms with Crippen molar-refractivity contribution in [1.82, 2.24) is 0 Å². The Hall–Kier alpha value is -4.14. The van der Waals surface area contributed by atoms with Crippen LogP contribution in [0.15, 0.2) is 24.3 Å². The molecular formula is C29H34O9. The number of methoxy groups -OCH3 is 5.